The first-order chi connectivity index (χ1) is 10.1. The van der Waals surface area contributed by atoms with Gasteiger partial charge in [-0.2, -0.15) is 0 Å². The third-order valence-corrected chi connectivity index (χ3v) is 5.48. The second kappa shape index (κ2) is 5.82. The first kappa shape index (κ1) is 14.6. The largest absolute Gasteiger partial charge is 0.370 e. The van der Waals surface area contributed by atoms with E-state index in [2.05, 4.69) is 36.9 Å². The SMILES string of the molecule is Cc1ccc2c(c1)CCCN2CC1(C=O)CCC(C)CC1. The average molecular weight is 285 g/mol. The number of nitrogens with zero attached hydrogens (tertiary/aromatic N) is 1. The average Bonchev–Trinajstić information content (AvgIpc) is 2.50. The molecule has 114 valence electrons. The Morgan fingerprint density at radius 2 is 2.10 bits per heavy atom. The summed E-state index contributed by atoms with van der Waals surface area (Å²) >= 11 is 0. The van der Waals surface area contributed by atoms with Crippen molar-refractivity contribution in [3.8, 4) is 0 Å². The fourth-order valence-electron chi connectivity index (χ4n) is 4.00. The van der Waals surface area contributed by atoms with Crippen LogP contribution < -0.4 is 4.90 Å². The van der Waals surface area contributed by atoms with Gasteiger partial charge in [0.15, 0.2) is 0 Å². The highest BCUT2D eigenvalue weighted by atomic mass is 16.1. The number of fused-ring (bicyclic) bond motifs is 1. The van der Waals surface area contributed by atoms with Crippen molar-refractivity contribution in [3.05, 3.63) is 29.3 Å². The molecule has 0 saturated heterocycles. The minimum atomic E-state index is -0.105. The summed E-state index contributed by atoms with van der Waals surface area (Å²) in [5.41, 5.74) is 4.07. The molecule has 1 fully saturated rings. The molecule has 1 aliphatic carbocycles. The van der Waals surface area contributed by atoms with E-state index in [0.717, 1.165) is 31.8 Å². The Labute approximate surface area is 128 Å². The second-order valence-corrected chi connectivity index (χ2v) is 7.32. The van der Waals surface area contributed by atoms with E-state index in [1.165, 1.54) is 48.8 Å². The predicted octanol–water partition coefficient (Wildman–Crippen LogP) is 4.14. The summed E-state index contributed by atoms with van der Waals surface area (Å²) in [6.07, 6.45) is 8.19. The summed E-state index contributed by atoms with van der Waals surface area (Å²) in [6, 6.07) is 6.78. The monoisotopic (exact) mass is 285 g/mol. The highest BCUT2D eigenvalue weighted by Crippen LogP contribution is 2.40. The molecule has 0 spiro atoms. The third kappa shape index (κ3) is 3.00. The molecule has 1 saturated carbocycles. The minimum Gasteiger partial charge on any atom is -0.370 e. The van der Waals surface area contributed by atoms with Crippen molar-refractivity contribution in [1.82, 2.24) is 0 Å². The molecule has 1 aromatic carbocycles. The maximum Gasteiger partial charge on any atom is 0.127 e. The summed E-state index contributed by atoms with van der Waals surface area (Å²) in [5.74, 6) is 0.786. The number of rotatable bonds is 3. The van der Waals surface area contributed by atoms with Gasteiger partial charge in [-0.1, -0.05) is 24.6 Å². The lowest BCUT2D eigenvalue weighted by Crippen LogP contribution is -2.43. The normalized spacial score (nSPS) is 29.0. The molecule has 2 heteroatoms. The van der Waals surface area contributed by atoms with Gasteiger partial charge < -0.3 is 9.69 Å². The number of aldehydes is 1. The van der Waals surface area contributed by atoms with Crippen LogP contribution in [0, 0.1) is 18.3 Å². The predicted molar refractivity (Wildman–Crippen MR) is 87.8 cm³/mol. The highest BCUT2D eigenvalue weighted by molar-refractivity contribution is 5.63. The fourth-order valence-corrected chi connectivity index (χ4v) is 4.00. The number of hydrogen-bond acceptors (Lipinski definition) is 2. The van der Waals surface area contributed by atoms with Gasteiger partial charge in [0.2, 0.25) is 0 Å². The number of benzene rings is 1. The number of anilines is 1. The molecule has 2 nitrogen and oxygen atoms in total. The molecular weight excluding hydrogens is 258 g/mol. The zero-order valence-electron chi connectivity index (χ0n) is 13.4. The van der Waals surface area contributed by atoms with Gasteiger partial charge in [-0.3, -0.25) is 0 Å². The van der Waals surface area contributed by atoms with Crippen molar-refractivity contribution in [2.24, 2.45) is 11.3 Å². The Morgan fingerprint density at radius 1 is 1.33 bits per heavy atom. The fraction of sp³-hybridized carbons (Fsp3) is 0.632. The van der Waals surface area contributed by atoms with E-state index in [-0.39, 0.29) is 5.41 Å². The van der Waals surface area contributed by atoms with Gasteiger partial charge in [-0.25, -0.2) is 0 Å². The topological polar surface area (TPSA) is 20.3 Å². The maximum atomic E-state index is 11.8. The van der Waals surface area contributed by atoms with Crippen LogP contribution in [0.3, 0.4) is 0 Å². The molecule has 0 amide bonds. The zero-order chi connectivity index (χ0) is 14.9. The molecule has 21 heavy (non-hydrogen) atoms. The zero-order valence-corrected chi connectivity index (χ0v) is 13.4. The van der Waals surface area contributed by atoms with Crippen LogP contribution >= 0.6 is 0 Å². The van der Waals surface area contributed by atoms with E-state index in [1.807, 2.05) is 0 Å². The van der Waals surface area contributed by atoms with Gasteiger partial charge in [0, 0.05) is 24.2 Å². The summed E-state index contributed by atoms with van der Waals surface area (Å²) in [5, 5.41) is 0. The quantitative estimate of drug-likeness (QED) is 0.778. The molecule has 0 radical (unpaired) electrons. The van der Waals surface area contributed by atoms with Crippen molar-refractivity contribution in [3.63, 3.8) is 0 Å². The van der Waals surface area contributed by atoms with Crippen molar-refractivity contribution in [2.45, 2.75) is 52.4 Å². The van der Waals surface area contributed by atoms with E-state index < -0.39 is 0 Å². The molecule has 0 aromatic heterocycles. The van der Waals surface area contributed by atoms with E-state index in [9.17, 15) is 4.79 Å². The van der Waals surface area contributed by atoms with Crippen molar-refractivity contribution >= 4 is 12.0 Å². The molecule has 0 unspecified atom stereocenters. The molecule has 1 aliphatic heterocycles. The Hall–Kier alpha value is -1.31. The maximum absolute atomic E-state index is 11.8. The standard InChI is InChI=1S/C19H27NO/c1-15-7-9-19(14-21,10-8-15)13-20-11-3-4-17-12-16(2)5-6-18(17)20/h5-6,12,14-15H,3-4,7-11,13H2,1-2H3. The van der Waals surface area contributed by atoms with Crippen molar-refractivity contribution in [1.29, 1.82) is 0 Å². The van der Waals surface area contributed by atoms with E-state index in [4.69, 9.17) is 0 Å². The number of aryl methyl sites for hydroxylation is 2. The van der Waals surface area contributed by atoms with Crippen LogP contribution in [0.25, 0.3) is 0 Å². The van der Waals surface area contributed by atoms with Crippen LogP contribution in [0.15, 0.2) is 18.2 Å². The summed E-state index contributed by atoms with van der Waals surface area (Å²) in [6.45, 7) is 6.49. The van der Waals surface area contributed by atoms with E-state index >= 15 is 0 Å². The Kier molecular flexibility index (Phi) is 4.05. The third-order valence-electron chi connectivity index (χ3n) is 5.48. The molecular formula is C19H27NO. The molecule has 3 rings (SSSR count). The smallest absolute Gasteiger partial charge is 0.127 e. The van der Waals surface area contributed by atoms with Gasteiger partial charge >= 0.3 is 0 Å². The molecule has 0 bridgehead atoms. The summed E-state index contributed by atoms with van der Waals surface area (Å²) in [4.78, 5) is 14.3. The van der Waals surface area contributed by atoms with Gasteiger partial charge in [-0.05, 0) is 63.0 Å². The highest BCUT2D eigenvalue weighted by Gasteiger charge is 2.36. The van der Waals surface area contributed by atoms with Crippen LogP contribution in [0.1, 0.15) is 50.2 Å². The van der Waals surface area contributed by atoms with Gasteiger partial charge in [-0.15, -0.1) is 0 Å². The van der Waals surface area contributed by atoms with Gasteiger partial charge in [0.25, 0.3) is 0 Å². The van der Waals surface area contributed by atoms with Gasteiger partial charge in [0.1, 0.15) is 6.29 Å². The van der Waals surface area contributed by atoms with Crippen LogP contribution in [0.5, 0.6) is 0 Å². The first-order valence-electron chi connectivity index (χ1n) is 8.43. The lowest BCUT2D eigenvalue weighted by Gasteiger charge is -2.41. The minimum absolute atomic E-state index is 0.105. The van der Waals surface area contributed by atoms with Crippen molar-refractivity contribution < 1.29 is 4.79 Å². The molecule has 2 aliphatic rings. The summed E-state index contributed by atoms with van der Waals surface area (Å²) in [7, 11) is 0. The number of carbonyl (C=O) groups is 1. The first-order valence-corrected chi connectivity index (χ1v) is 8.43. The van der Waals surface area contributed by atoms with Crippen LogP contribution in [0.4, 0.5) is 5.69 Å². The van der Waals surface area contributed by atoms with Crippen molar-refractivity contribution in [2.75, 3.05) is 18.0 Å². The molecule has 0 N–H and O–H groups in total. The van der Waals surface area contributed by atoms with E-state index in [0.29, 0.717) is 0 Å². The van der Waals surface area contributed by atoms with Crippen LogP contribution in [-0.4, -0.2) is 19.4 Å². The number of carbonyl (C=O) groups excluding carboxylic acids is 1. The molecule has 1 aromatic rings. The Morgan fingerprint density at radius 3 is 2.81 bits per heavy atom. The molecule has 1 heterocycles. The van der Waals surface area contributed by atoms with Crippen LogP contribution in [-0.2, 0) is 11.2 Å². The lowest BCUT2D eigenvalue weighted by molar-refractivity contribution is -0.117. The van der Waals surface area contributed by atoms with Gasteiger partial charge in [0.05, 0.1) is 0 Å². The Balaban J connectivity index is 1.81. The second-order valence-electron chi connectivity index (χ2n) is 7.32. The molecule has 0 atom stereocenters. The lowest BCUT2D eigenvalue weighted by atomic mass is 9.71. The van der Waals surface area contributed by atoms with E-state index in [1.54, 1.807) is 0 Å². The Bertz CT molecular complexity index is 514. The number of hydrogen-bond donors (Lipinski definition) is 0. The van der Waals surface area contributed by atoms with Crippen LogP contribution in [0.2, 0.25) is 0 Å². The summed E-state index contributed by atoms with van der Waals surface area (Å²) < 4.78 is 0.